The van der Waals surface area contributed by atoms with Crippen LogP contribution in [0.25, 0.3) is 0 Å². The molecule has 0 saturated carbocycles. The first-order valence-corrected chi connectivity index (χ1v) is 7.76. The summed E-state index contributed by atoms with van der Waals surface area (Å²) in [6.45, 7) is 8.33. The molecule has 6 heteroatoms. The molecule has 1 heterocycles. The van der Waals surface area contributed by atoms with Crippen LogP contribution in [0.3, 0.4) is 0 Å². The molecule has 0 atom stereocenters. The summed E-state index contributed by atoms with van der Waals surface area (Å²) in [5.74, 6) is 0.00893. The summed E-state index contributed by atoms with van der Waals surface area (Å²) in [5.41, 5.74) is 6.89. The number of hydrogen-bond donors (Lipinski definition) is 2. The first-order valence-electron chi connectivity index (χ1n) is 7.38. The Bertz CT molecular complexity index is 487. The second kappa shape index (κ2) is 7.64. The van der Waals surface area contributed by atoms with Crippen LogP contribution in [-0.2, 0) is 4.79 Å². The van der Waals surface area contributed by atoms with Gasteiger partial charge >= 0.3 is 0 Å². The van der Waals surface area contributed by atoms with E-state index in [1.54, 1.807) is 18.2 Å². The molecule has 0 radical (unpaired) electrons. The zero-order valence-corrected chi connectivity index (χ0v) is 13.2. The molecule has 1 aromatic carbocycles. The van der Waals surface area contributed by atoms with Crippen LogP contribution < -0.4 is 11.1 Å². The van der Waals surface area contributed by atoms with Gasteiger partial charge in [-0.2, -0.15) is 0 Å². The zero-order valence-electron chi connectivity index (χ0n) is 12.4. The van der Waals surface area contributed by atoms with Gasteiger partial charge in [-0.05, 0) is 24.7 Å². The first-order chi connectivity index (χ1) is 10.1. The van der Waals surface area contributed by atoms with Crippen LogP contribution in [0, 0.1) is 0 Å². The molecule has 2 rings (SSSR count). The lowest BCUT2D eigenvalue weighted by molar-refractivity contribution is -0.116. The third-order valence-corrected chi connectivity index (χ3v) is 4.19. The van der Waals surface area contributed by atoms with E-state index in [9.17, 15) is 4.79 Å². The Kier molecular flexibility index (Phi) is 5.85. The molecule has 0 aromatic heterocycles. The molecule has 1 aliphatic rings. The summed E-state index contributed by atoms with van der Waals surface area (Å²) in [5, 5.41) is 3.36. The Labute approximate surface area is 131 Å². The Morgan fingerprint density at radius 1 is 1.29 bits per heavy atom. The van der Waals surface area contributed by atoms with Gasteiger partial charge in [0.1, 0.15) is 0 Å². The van der Waals surface area contributed by atoms with Crippen LogP contribution in [0.2, 0.25) is 5.02 Å². The van der Waals surface area contributed by atoms with Crippen molar-refractivity contribution < 1.29 is 4.79 Å². The predicted molar refractivity (Wildman–Crippen MR) is 87.7 cm³/mol. The largest absolute Gasteiger partial charge is 0.397 e. The van der Waals surface area contributed by atoms with Crippen LogP contribution in [0.4, 0.5) is 11.4 Å². The summed E-state index contributed by atoms with van der Waals surface area (Å²) in [4.78, 5) is 16.7. The van der Waals surface area contributed by atoms with Gasteiger partial charge in [0.25, 0.3) is 0 Å². The molecule has 0 bridgehead atoms. The number of nitrogen functional groups attached to an aromatic ring is 1. The minimum absolute atomic E-state index is 0.00893. The summed E-state index contributed by atoms with van der Waals surface area (Å²) in [6, 6.07) is 5.13. The maximum atomic E-state index is 11.9. The Morgan fingerprint density at radius 3 is 2.57 bits per heavy atom. The second-order valence-electron chi connectivity index (χ2n) is 5.31. The molecular weight excluding hydrogens is 288 g/mol. The third-order valence-electron chi connectivity index (χ3n) is 3.85. The number of nitrogens with zero attached hydrogens (tertiary/aromatic N) is 2. The molecule has 116 valence electrons. The minimum atomic E-state index is 0.00893. The summed E-state index contributed by atoms with van der Waals surface area (Å²) in [7, 11) is 0. The van der Waals surface area contributed by atoms with E-state index in [1.807, 2.05) is 0 Å². The fourth-order valence-corrected chi connectivity index (χ4v) is 2.55. The number of anilines is 2. The normalized spacial score (nSPS) is 16.9. The van der Waals surface area contributed by atoms with Gasteiger partial charge in [0.2, 0.25) is 5.91 Å². The standard InChI is InChI=1S/C15H23ClN4O/c1-2-19-7-9-20(10-8-19)6-5-15(21)18-12-3-4-13(16)14(17)11-12/h3-4,11H,2,5-10,17H2,1H3,(H,18,21). The number of hydrogen-bond acceptors (Lipinski definition) is 4. The van der Waals surface area contributed by atoms with Crippen molar-refractivity contribution in [2.75, 3.05) is 50.3 Å². The molecule has 1 aliphatic heterocycles. The lowest BCUT2D eigenvalue weighted by atomic mass is 10.2. The van der Waals surface area contributed by atoms with Gasteiger partial charge in [0.05, 0.1) is 10.7 Å². The quantitative estimate of drug-likeness (QED) is 0.815. The van der Waals surface area contributed by atoms with Gasteiger partial charge in [-0.15, -0.1) is 0 Å². The lowest BCUT2D eigenvalue weighted by Gasteiger charge is -2.33. The first kappa shape index (κ1) is 16.1. The van der Waals surface area contributed by atoms with E-state index < -0.39 is 0 Å². The van der Waals surface area contributed by atoms with E-state index in [-0.39, 0.29) is 5.91 Å². The highest BCUT2D eigenvalue weighted by molar-refractivity contribution is 6.33. The van der Waals surface area contributed by atoms with Gasteiger partial charge in [-0.3, -0.25) is 4.79 Å². The Balaban J connectivity index is 1.73. The highest BCUT2D eigenvalue weighted by Crippen LogP contribution is 2.22. The second-order valence-corrected chi connectivity index (χ2v) is 5.72. The van der Waals surface area contributed by atoms with E-state index in [0.717, 1.165) is 39.3 Å². The number of halogens is 1. The zero-order chi connectivity index (χ0) is 15.2. The van der Waals surface area contributed by atoms with E-state index in [0.29, 0.717) is 22.8 Å². The van der Waals surface area contributed by atoms with Crippen LogP contribution in [0.5, 0.6) is 0 Å². The summed E-state index contributed by atoms with van der Waals surface area (Å²) < 4.78 is 0. The maximum absolute atomic E-state index is 11.9. The summed E-state index contributed by atoms with van der Waals surface area (Å²) in [6.07, 6.45) is 0.495. The Morgan fingerprint density at radius 2 is 1.95 bits per heavy atom. The van der Waals surface area contributed by atoms with E-state index in [4.69, 9.17) is 17.3 Å². The van der Waals surface area contributed by atoms with E-state index >= 15 is 0 Å². The number of rotatable bonds is 5. The molecule has 0 aliphatic carbocycles. The number of benzene rings is 1. The molecule has 0 unspecified atom stereocenters. The van der Waals surface area contributed by atoms with Crippen molar-refractivity contribution in [2.24, 2.45) is 0 Å². The highest BCUT2D eigenvalue weighted by atomic mass is 35.5. The van der Waals surface area contributed by atoms with Gasteiger partial charge in [-0.1, -0.05) is 18.5 Å². The molecule has 1 fully saturated rings. The van der Waals surface area contributed by atoms with Crippen molar-refractivity contribution in [3.63, 3.8) is 0 Å². The maximum Gasteiger partial charge on any atom is 0.225 e. The lowest BCUT2D eigenvalue weighted by Crippen LogP contribution is -2.46. The van der Waals surface area contributed by atoms with Gasteiger partial charge < -0.3 is 20.9 Å². The van der Waals surface area contributed by atoms with Crippen molar-refractivity contribution in [1.82, 2.24) is 9.80 Å². The molecule has 3 N–H and O–H groups in total. The third kappa shape index (κ3) is 4.88. The molecule has 1 amide bonds. The molecule has 21 heavy (non-hydrogen) atoms. The fourth-order valence-electron chi connectivity index (χ4n) is 2.43. The van der Waals surface area contributed by atoms with Crippen molar-refractivity contribution in [3.05, 3.63) is 23.2 Å². The fraction of sp³-hybridized carbons (Fsp3) is 0.533. The number of likely N-dealkylation sites (N-methyl/N-ethyl adjacent to an activating group) is 1. The number of nitrogens with two attached hydrogens (primary N) is 1. The summed E-state index contributed by atoms with van der Waals surface area (Å²) >= 11 is 5.86. The van der Waals surface area contributed by atoms with Gasteiger partial charge in [0, 0.05) is 44.8 Å². The molecule has 1 saturated heterocycles. The van der Waals surface area contributed by atoms with Crippen molar-refractivity contribution in [2.45, 2.75) is 13.3 Å². The molecule has 5 nitrogen and oxygen atoms in total. The smallest absolute Gasteiger partial charge is 0.225 e. The monoisotopic (exact) mass is 310 g/mol. The van der Waals surface area contributed by atoms with Crippen LogP contribution in [0.1, 0.15) is 13.3 Å². The predicted octanol–water partition coefficient (Wildman–Crippen LogP) is 1.89. The number of carbonyl (C=O) groups is 1. The average Bonchev–Trinajstić information content (AvgIpc) is 2.49. The van der Waals surface area contributed by atoms with Crippen LogP contribution >= 0.6 is 11.6 Å². The minimum Gasteiger partial charge on any atom is -0.397 e. The van der Waals surface area contributed by atoms with Crippen molar-refractivity contribution in [3.8, 4) is 0 Å². The number of nitrogens with one attached hydrogen (secondary N) is 1. The molecule has 0 spiro atoms. The number of carbonyl (C=O) groups excluding carboxylic acids is 1. The SMILES string of the molecule is CCN1CCN(CCC(=O)Nc2ccc(Cl)c(N)c2)CC1. The topological polar surface area (TPSA) is 61.6 Å². The number of piperazine rings is 1. The van der Waals surface area contributed by atoms with Crippen LogP contribution in [-0.4, -0.2) is 55.0 Å². The number of amides is 1. The van der Waals surface area contributed by atoms with E-state index in [2.05, 4.69) is 22.0 Å². The van der Waals surface area contributed by atoms with Crippen molar-refractivity contribution >= 4 is 28.9 Å². The van der Waals surface area contributed by atoms with Crippen molar-refractivity contribution in [1.29, 1.82) is 0 Å². The average molecular weight is 311 g/mol. The van der Waals surface area contributed by atoms with E-state index in [1.165, 1.54) is 0 Å². The van der Waals surface area contributed by atoms with Crippen LogP contribution in [0.15, 0.2) is 18.2 Å². The van der Waals surface area contributed by atoms with Gasteiger partial charge in [-0.25, -0.2) is 0 Å². The molecular formula is C15H23ClN4O. The van der Waals surface area contributed by atoms with Gasteiger partial charge in [0.15, 0.2) is 0 Å². The molecule has 1 aromatic rings. The highest BCUT2D eigenvalue weighted by Gasteiger charge is 2.16. The Hall–Kier alpha value is -1.30.